The third kappa shape index (κ3) is 5.93. The number of hydrogen-bond donors (Lipinski definition) is 1. The zero-order chi connectivity index (χ0) is 18.9. The smallest absolute Gasteiger partial charge is 0.237 e. The van der Waals surface area contributed by atoms with Gasteiger partial charge in [-0.3, -0.25) is 9.69 Å². The van der Waals surface area contributed by atoms with E-state index < -0.39 is 0 Å². The summed E-state index contributed by atoms with van der Waals surface area (Å²) in [4.78, 5) is 15.2. The molecule has 3 heteroatoms. The molecule has 1 amide bonds. The number of likely N-dealkylation sites (N-methyl/N-ethyl adjacent to an activating group) is 1. The minimum absolute atomic E-state index is 0.0847. The first-order valence-corrected chi connectivity index (χ1v) is 10.3. The van der Waals surface area contributed by atoms with Crippen molar-refractivity contribution in [1.82, 2.24) is 10.2 Å². The van der Waals surface area contributed by atoms with Crippen molar-refractivity contribution in [3.63, 3.8) is 0 Å². The maximum Gasteiger partial charge on any atom is 0.237 e. The Labute approximate surface area is 163 Å². The van der Waals surface area contributed by atoms with Crippen LogP contribution in [0.1, 0.15) is 49.7 Å². The second kappa shape index (κ2) is 10.3. The summed E-state index contributed by atoms with van der Waals surface area (Å²) in [5.41, 5.74) is 2.51. The summed E-state index contributed by atoms with van der Waals surface area (Å²) < 4.78 is 0. The van der Waals surface area contributed by atoms with Crippen LogP contribution < -0.4 is 5.32 Å². The Morgan fingerprint density at radius 3 is 1.93 bits per heavy atom. The highest BCUT2D eigenvalue weighted by atomic mass is 16.2. The van der Waals surface area contributed by atoms with E-state index in [2.05, 4.69) is 58.7 Å². The van der Waals surface area contributed by atoms with Crippen molar-refractivity contribution in [2.24, 2.45) is 5.92 Å². The quantitative estimate of drug-likeness (QED) is 0.731. The molecular formula is C24H32N2O. The fourth-order valence-electron chi connectivity index (χ4n) is 4.24. The molecule has 3 rings (SSSR count). The average Bonchev–Trinajstić information content (AvgIpc) is 2.73. The molecule has 27 heavy (non-hydrogen) atoms. The van der Waals surface area contributed by atoms with E-state index in [0.29, 0.717) is 5.92 Å². The van der Waals surface area contributed by atoms with Crippen LogP contribution in [0.4, 0.5) is 0 Å². The van der Waals surface area contributed by atoms with Crippen molar-refractivity contribution in [1.29, 1.82) is 0 Å². The molecule has 1 atom stereocenters. The van der Waals surface area contributed by atoms with Crippen molar-refractivity contribution in [2.75, 3.05) is 7.05 Å². The molecule has 0 aromatic heterocycles. The van der Waals surface area contributed by atoms with Crippen LogP contribution in [-0.2, 0) is 17.9 Å². The molecule has 2 aromatic carbocycles. The van der Waals surface area contributed by atoms with Crippen LogP contribution in [0.2, 0.25) is 0 Å². The van der Waals surface area contributed by atoms with Crippen LogP contribution in [0, 0.1) is 5.92 Å². The molecule has 1 fully saturated rings. The van der Waals surface area contributed by atoms with Gasteiger partial charge in [0.1, 0.15) is 0 Å². The summed E-state index contributed by atoms with van der Waals surface area (Å²) in [6.07, 6.45) is 7.44. The predicted octanol–water partition coefficient (Wildman–Crippen LogP) is 4.77. The first-order valence-electron chi connectivity index (χ1n) is 10.3. The highest BCUT2D eigenvalue weighted by molar-refractivity contribution is 5.81. The van der Waals surface area contributed by atoms with Gasteiger partial charge in [0.2, 0.25) is 5.91 Å². The van der Waals surface area contributed by atoms with Crippen molar-refractivity contribution in [3.8, 4) is 0 Å². The minimum Gasteiger partial charge on any atom is -0.358 e. The van der Waals surface area contributed by atoms with Crippen LogP contribution >= 0.6 is 0 Å². The molecule has 0 bridgehead atoms. The van der Waals surface area contributed by atoms with Gasteiger partial charge < -0.3 is 5.32 Å². The van der Waals surface area contributed by atoms with Gasteiger partial charge in [-0.1, -0.05) is 92.8 Å². The van der Waals surface area contributed by atoms with E-state index in [-0.39, 0.29) is 11.9 Å². The second-order valence-electron chi connectivity index (χ2n) is 7.75. The third-order valence-electron chi connectivity index (χ3n) is 5.73. The van der Waals surface area contributed by atoms with Gasteiger partial charge in [0.25, 0.3) is 0 Å². The van der Waals surface area contributed by atoms with E-state index in [1.807, 2.05) is 12.1 Å². The Kier molecular flexibility index (Phi) is 7.46. The molecule has 0 heterocycles. The highest BCUT2D eigenvalue weighted by Gasteiger charge is 2.29. The molecule has 0 aliphatic heterocycles. The van der Waals surface area contributed by atoms with E-state index >= 15 is 0 Å². The fraction of sp³-hybridized carbons (Fsp3) is 0.458. The predicted molar refractivity (Wildman–Crippen MR) is 111 cm³/mol. The first kappa shape index (κ1) is 19.6. The number of hydrogen-bond acceptors (Lipinski definition) is 2. The number of benzene rings is 2. The number of carbonyl (C=O) groups excluding carboxylic acids is 1. The summed E-state index contributed by atoms with van der Waals surface area (Å²) in [5.74, 6) is 0.808. The fourth-order valence-corrected chi connectivity index (χ4v) is 4.24. The van der Waals surface area contributed by atoms with Crippen molar-refractivity contribution >= 4 is 5.91 Å². The maximum absolute atomic E-state index is 12.9. The summed E-state index contributed by atoms with van der Waals surface area (Å²) in [5, 5.41) is 2.93. The number of nitrogens with one attached hydrogen (secondary N) is 1. The van der Waals surface area contributed by atoms with Crippen LogP contribution in [-0.4, -0.2) is 23.9 Å². The standard InChI is InChI=1S/C24H32N2O/c1-25-24(27)23(17-20-11-5-2-6-12-20)26(18-21-13-7-3-8-14-21)19-22-15-9-4-10-16-22/h3-4,7-10,13-16,20,23H,2,5-6,11-12,17-19H2,1H3,(H,25,27). The lowest BCUT2D eigenvalue weighted by molar-refractivity contribution is -0.127. The van der Waals surface area contributed by atoms with E-state index in [1.54, 1.807) is 7.05 Å². The van der Waals surface area contributed by atoms with Gasteiger partial charge >= 0.3 is 0 Å². The highest BCUT2D eigenvalue weighted by Crippen LogP contribution is 2.29. The summed E-state index contributed by atoms with van der Waals surface area (Å²) in [7, 11) is 1.76. The molecule has 0 radical (unpaired) electrons. The molecule has 3 nitrogen and oxygen atoms in total. The molecular weight excluding hydrogens is 332 g/mol. The second-order valence-corrected chi connectivity index (χ2v) is 7.75. The number of nitrogens with zero attached hydrogens (tertiary/aromatic N) is 1. The number of amides is 1. The SMILES string of the molecule is CNC(=O)C(CC1CCCCC1)N(Cc1ccccc1)Cc1ccccc1. The molecule has 1 unspecified atom stereocenters. The molecule has 0 saturated heterocycles. The molecule has 1 aliphatic rings. The molecule has 1 N–H and O–H groups in total. The molecule has 144 valence electrons. The zero-order valence-electron chi connectivity index (χ0n) is 16.4. The van der Waals surface area contributed by atoms with Gasteiger partial charge in [-0.05, 0) is 23.5 Å². The van der Waals surface area contributed by atoms with Gasteiger partial charge in [-0.15, -0.1) is 0 Å². The largest absolute Gasteiger partial charge is 0.358 e. The lowest BCUT2D eigenvalue weighted by Gasteiger charge is -2.34. The molecule has 1 aliphatic carbocycles. The summed E-state index contributed by atoms with van der Waals surface area (Å²) in [6.45, 7) is 1.58. The van der Waals surface area contributed by atoms with Crippen molar-refractivity contribution in [2.45, 2.75) is 57.7 Å². The Morgan fingerprint density at radius 2 is 1.44 bits per heavy atom. The maximum atomic E-state index is 12.9. The van der Waals surface area contributed by atoms with Gasteiger partial charge in [-0.2, -0.15) is 0 Å². The first-order chi connectivity index (χ1) is 13.3. The van der Waals surface area contributed by atoms with E-state index in [9.17, 15) is 4.79 Å². The topological polar surface area (TPSA) is 32.3 Å². The Hall–Kier alpha value is -2.13. The Morgan fingerprint density at radius 1 is 0.926 bits per heavy atom. The van der Waals surface area contributed by atoms with Gasteiger partial charge in [-0.25, -0.2) is 0 Å². The van der Waals surface area contributed by atoms with Gasteiger partial charge in [0.05, 0.1) is 6.04 Å². The number of carbonyl (C=O) groups is 1. The normalized spacial score (nSPS) is 16.2. The zero-order valence-corrected chi connectivity index (χ0v) is 16.4. The van der Waals surface area contributed by atoms with Crippen LogP contribution in [0.15, 0.2) is 60.7 Å². The van der Waals surface area contributed by atoms with Crippen LogP contribution in [0.25, 0.3) is 0 Å². The Balaban J connectivity index is 1.82. The van der Waals surface area contributed by atoms with Crippen molar-refractivity contribution in [3.05, 3.63) is 71.8 Å². The van der Waals surface area contributed by atoms with Crippen LogP contribution in [0.5, 0.6) is 0 Å². The Bertz CT molecular complexity index is 639. The van der Waals surface area contributed by atoms with Gasteiger partial charge in [0.15, 0.2) is 0 Å². The third-order valence-corrected chi connectivity index (χ3v) is 5.73. The van der Waals surface area contributed by atoms with E-state index in [1.165, 1.54) is 43.2 Å². The monoisotopic (exact) mass is 364 g/mol. The van der Waals surface area contributed by atoms with Crippen LogP contribution in [0.3, 0.4) is 0 Å². The molecule has 1 saturated carbocycles. The number of rotatable bonds is 8. The van der Waals surface area contributed by atoms with E-state index in [4.69, 9.17) is 0 Å². The van der Waals surface area contributed by atoms with Crippen molar-refractivity contribution < 1.29 is 4.79 Å². The lowest BCUT2D eigenvalue weighted by atomic mass is 9.84. The summed E-state index contributed by atoms with van der Waals surface area (Å²) >= 11 is 0. The summed E-state index contributed by atoms with van der Waals surface area (Å²) in [6, 6.07) is 20.9. The molecule has 2 aromatic rings. The van der Waals surface area contributed by atoms with Gasteiger partial charge in [0, 0.05) is 20.1 Å². The molecule has 0 spiro atoms. The van der Waals surface area contributed by atoms with E-state index in [0.717, 1.165) is 19.5 Å². The lowest BCUT2D eigenvalue weighted by Crippen LogP contribution is -2.46. The minimum atomic E-state index is -0.0847. The average molecular weight is 365 g/mol.